The largest absolute Gasteiger partial charge is 0.290 e. The van der Waals surface area contributed by atoms with Crippen molar-refractivity contribution in [2.75, 3.05) is 0 Å². The molecule has 0 atom stereocenters. The van der Waals surface area contributed by atoms with Gasteiger partial charge in [0.05, 0.1) is 16.2 Å². The van der Waals surface area contributed by atoms with E-state index >= 15 is 0 Å². The molecule has 1 rings (SSSR count). The first-order chi connectivity index (χ1) is 7.26. The van der Waals surface area contributed by atoms with Crippen molar-refractivity contribution in [2.24, 2.45) is 0 Å². The van der Waals surface area contributed by atoms with Crippen LogP contribution in [0.1, 0.15) is 13.8 Å². The molecule has 0 aliphatic carbocycles. The minimum Gasteiger partial charge on any atom is -0.258 e. The van der Waals surface area contributed by atoms with Crippen LogP contribution in [0, 0.1) is 15.9 Å². The van der Waals surface area contributed by atoms with E-state index in [1.165, 1.54) is 13.8 Å². The summed E-state index contributed by atoms with van der Waals surface area (Å²) in [6.07, 6.45) is 0. The van der Waals surface area contributed by atoms with Gasteiger partial charge in [-0.1, -0.05) is 0 Å². The smallest absolute Gasteiger partial charge is 0.258 e. The second-order valence-corrected chi connectivity index (χ2v) is 5.94. The highest BCUT2D eigenvalue weighted by Crippen LogP contribution is 2.27. The zero-order valence-corrected chi connectivity index (χ0v) is 9.49. The Morgan fingerprint density at radius 3 is 2.38 bits per heavy atom. The van der Waals surface area contributed by atoms with E-state index in [0.717, 1.165) is 12.1 Å². The summed E-state index contributed by atoms with van der Waals surface area (Å²) >= 11 is 0. The first kappa shape index (κ1) is 12.6. The van der Waals surface area contributed by atoms with E-state index in [2.05, 4.69) is 0 Å². The lowest BCUT2D eigenvalue weighted by Crippen LogP contribution is -2.15. The van der Waals surface area contributed by atoms with Crippen molar-refractivity contribution in [1.82, 2.24) is 0 Å². The monoisotopic (exact) mass is 247 g/mol. The minimum absolute atomic E-state index is 0.450. The average Bonchev–Trinajstić information content (AvgIpc) is 2.16. The Bertz CT molecular complexity index is 524. The number of halogens is 1. The lowest BCUT2D eigenvalue weighted by Gasteiger charge is -2.07. The molecule has 0 fully saturated rings. The maximum absolute atomic E-state index is 12.8. The van der Waals surface area contributed by atoms with Crippen LogP contribution in [-0.4, -0.2) is 18.6 Å². The fourth-order valence-electron chi connectivity index (χ4n) is 1.13. The number of hydrogen-bond donors (Lipinski definition) is 0. The molecule has 0 N–H and O–H groups in total. The molecular weight excluding hydrogens is 237 g/mol. The van der Waals surface area contributed by atoms with Gasteiger partial charge < -0.3 is 0 Å². The van der Waals surface area contributed by atoms with Crippen molar-refractivity contribution >= 4 is 15.5 Å². The standard InChI is InChI=1S/C9H10FNO4S/c1-6(2)16(14,15)9-4-3-7(10)5-8(9)11(12)13/h3-6H,1-2H3. The molecule has 0 unspecified atom stereocenters. The van der Waals surface area contributed by atoms with Crippen molar-refractivity contribution in [2.45, 2.75) is 24.0 Å². The second-order valence-electron chi connectivity index (χ2n) is 3.46. The number of nitrogens with zero attached hydrogens (tertiary/aromatic N) is 1. The van der Waals surface area contributed by atoms with Crippen LogP contribution in [0.15, 0.2) is 23.1 Å². The van der Waals surface area contributed by atoms with Crippen LogP contribution < -0.4 is 0 Å². The molecule has 88 valence electrons. The number of sulfone groups is 1. The van der Waals surface area contributed by atoms with E-state index < -0.39 is 36.4 Å². The van der Waals surface area contributed by atoms with Crippen LogP contribution in [0.2, 0.25) is 0 Å². The molecule has 1 aromatic rings. The average molecular weight is 247 g/mol. The van der Waals surface area contributed by atoms with Gasteiger partial charge in [-0.25, -0.2) is 12.8 Å². The molecule has 0 heterocycles. The van der Waals surface area contributed by atoms with Gasteiger partial charge in [0.1, 0.15) is 10.7 Å². The van der Waals surface area contributed by atoms with Crippen molar-refractivity contribution in [1.29, 1.82) is 0 Å². The fraction of sp³-hybridized carbons (Fsp3) is 0.333. The van der Waals surface area contributed by atoms with Gasteiger partial charge in [0.15, 0.2) is 9.84 Å². The van der Waals surface area contributed by atoms with Crippen molar-refractivity contribution in [3.8, 4) is 0 Å². The van der Waals surface area contributed by atoms with Gasteiger partial charge in [0.2, 0.25) is 0 Å². The zero-order valence-electron chi connectivity index (χ0n) is 8.68. The maximum Gasteiger partial charge on any atom is 0.290 e. The van der Waals surface area contributed by atoms with Crippen LogP contribution in [0.25, 0.3) is 0 Å². The lowest BCUT2D eigenvalue weighted by atomic mass is 10.3. The van der Waals surface area contributed by atoms with Crippen LogP contribution >= 0.6 is 0 Å². The van der Waals surface area contributed by atoms with E-state index in [1.807, 2.05) is 0 Å². The number of nitro groups is 1. The highest BCUT2D eigenvalue weighted by Gasteiger charge is 2.28. The Morgan fingerprint density at radius 1 is 1.38 bits per heavy atom. The van der Waals surface area contributed by atoms with Gasteiger partial charge in [0, 0.05) is 0 Å². The number of hydrogen-bond acceptors (Lipinski definition) is 4. The zero-order chi connectivity index (χ0) is 12.5. The third-order valence-corrected chi connectivity index (χ3v) is 4.24. The summed E-state index contributed by atoms with van der Waals surface area (Å²) in [5.41, 5.74) is -0.728. The van der Waals surface area contributed by atoms with Crippen molar-refractivity contribution < 1.29 is 17.7 Å². The second kappa shape index (κ2) is 4.17. The first-order valence-electron chi connectivity index (χ1n) is 4.44. The predicted octanol–water partition coefficient (Wildman–Crippen LogP) is 1.92. The lowest BCUT2D eigenvalue weighted by molar-refractivity contribution is -0.388. The van der Waals surface area contributed by atoms with E-state index in [1.54, 1.807) is 0 Å². The quantitative estimate of drug-likeness (QED) is 0.464. The Kier molecular flexibility index (Phi) is 3.27. The number of rotatable bonds is 3. The summed E-state index contributed by atoms with van der Waals surface area (Å²) in [7, 11) is -3.78. The highest BCUT2D eigenvalue weighted by molar-refractivity contribution is 7.92. The molecule has 1 aromatic carbocycles. The number of benzene rings is 1. The summed E-state index contributed by atoms with van der Waals surface area (Å²) in [4.78, 5) is 9.26. The Labute approximate surface area is 92.0 Å². The topological polar surface area (TPSA) is 77.3 Å². The van der Waals surface area contributed by atoms with Crippen molar-refractivity contribution in [3.63, 3.8) is 0 Å². The Morgan fingerprint density at radius 2 is 1.94 bits per heavy atom. The van der Waals surface area contributed by atoms with Crippen LogP contribution in [0.5, 0.6) is 0 Å². The van der Waals surface area contributed by atoms with Gasteiger partial charge in [-0.15, -0.1) is 0 Å². The molecule has 0 saturated carbocycles. The molecule has 0 spiro atoms. The Hall–Kier alpha value is -1.50. The third-order valence-electron chi connectivity index (χ3n) is 2.04. The predicted molar refractivity (Wildman–Crippen MR) is 55.4 cm³/mol. The SMILES string of the molecule is CC(C)S(=O)(=O)c1ccc(F)cc1[N+](=O)[O-]. The third kappa shape index (κ3) is 2.19. The molecule has 0 bridgehead atoms. The first-order valence-corrected chi connectivity index (χ1v) is 5.99. The molecule has 0 amide bonds. The van der Waals surface area contributed by atoms with E-state index in [-0.39, 0.29) is 0 Å². The number of nitro benzene ring substituents is 1. The summed E-state index contributed by atoms with van der Waals surface area (Å²) < 4.78 is 36.3. The highest BCUT2D eigenvalue weighted by atomic mass is 32.2. The van der Waals surface area contributed by atoms with Gasteiger partial charge >= 0.3 is 0 Å². The fourth-order valence-corrected chi connectivity index (χ4v) is 2.32. The Balaban J connectivity index is 3.52. The van der Waals surface area contributed by atoms with Crippen LogP contribution in [0.4, 0.5) is 10.1 Å². The van der Waals surface area contributed by atoms with E-state index in [4.69, 9.17) is 0 Å². The van der Waals surface area contributed by atoms with Crippen molar-refractivity contribution in [3.05, 3.63) is 34.1 Å². The van der Waals surface area contributed by atoms with E-state index in [0.29, 0.717) is 6.07 Å². The summed E-state index contributed by atoms with van der Waals surface area (Å²) in [5.74, 6) is -0.839. The summed E-state index contributed by atoms with van der Waals surface area (Å²) in [6.45, 7) is 2.81. The molecule has 0 saturated heterocycles. The molecule has 16 heavy (non-hydrogen) atoms. The van der Waals surface area contributed by atoms with Crippen LogP contribution in [-0.2, 0) is 9.84 Å². The minimum atomic E-state index is -3.78. The molecule has 0 radical (unpaired) electrons. The van der Waals surface area contributed by atoms with Gasteiger partial charge in [0.25, 0.3) is 5.69 Å². The summed E-state index contributed by atoms with van der Waals surface area (Å²) in [5, 5.41) is 9.82. The molecular formula is C9H10FNO4S. The van der Waals surface area contributed by atoms with Gasteiger partial charge in [-0.05, 0) is 26.0 Å². The molecule has 0 aliphatic rings. The molecule has 0 aromatic heterocycles. The van der Waals surface area contributed by atoms with E-state index in [9.17, 15) is 22.9 Å². The normalized spacial score (nSPS) is 11.8. The molecule has 0 aliphatic heterocycles. The van der Waals surface area contributed by atoms with Gasteiger partial charge in [-0.2, -0.15) is 0 Å². The summed E-state index contributed by atoms with van der Waals surface area (Å²) in [6, 6.07) is 2.42. The maximum atomic E-state index is 12.8. The van der Waals surface area contributed by atoms with Crippen LogP contribution in [0.3, 0.4) is 0 Å². The van der Waals surface area contributed by atoms with Gasteiger partial charge in [-0.3, -0.25) is 10.1 Å². The molecule has 5 nitrogen and oxygen atoms in total. The molecule has 7 heteroatoms.